The van der Waals surface area contributed by atoms with Gasteiger partial charge in [0.15, 0.2) is 0 Å². The van der Waals surface area contributed by atoms with Crippen LogP contribution in [0.3, 0.4) is 0 Å². The average molecular weight is 336 g/mol. The Bertz CT molecular complexity index is 783. The van der Waals surface area contributed by atoms with Crippen LogP contribution >= 0.6 is 0 Å². The number of carbonyl (C=O) groups excluding carboxylic acids is 1. The molecule has 2 N–H and O–H groups in total. The Morgan fingerprint density at radius 3 is 2.28 bits per heavy atom. The summed E-state index contributed by atoms with van der Waals surface area (Å²) in [5.74, 6) is 0.0318. The van der Waals surface area contributed by atoms with Gasteiger partial charge in [-0.05, 0) is 36.1 Å². The molecule has 3 rings (SSSR count). The minimum Gasteiger partial charge on any atom is -0.365 e. The summed E-state index contributed by atoms with van der Waals surface area (Å²) < 4.78 is 1.77. The van der Waals surface area contributed by atoms with Crippen molar-refractivity contribution in [2.45, 2.75) is 33.2 Å². The van der Waals surface area contributed by atoms with Crippen molar-refractivity contribution in [3.63, 3.8) is 0 Å². The molecule has 1 aromatic carbocycles. The molecule has 2 aromatic heterocycles. The Morgan fingerprint density at radius 2 is 1.80 bits per heavy atom. The normalized spacial score (nSPS) is 10.2. The highest BCUT2D eigenvalue weighted by Crippen LogP contribution is 2.20. The van der Waals surface area contributed by atoms with E-state index in [0.29, 0.717) is 23.7 Å². The van der Waals surface area contributed by atoms with Gasteiger partial charge in [0, 0.05) is 18.6 Å². The molecule has 0 aliphatic heterocycles. The monoisotopic (exact) mass is 336 g/mol. The molecule has 0 bridgehead atoms. The number of aromatic nitrogens is 3. The lowest BCUT2D eigenvalue weighted by atomic mass is 9.97. The summed E-state index contributed by atoms with van der Waals surface area (Å²) in [6.45, 7) is 6.79. The zero-order chi connectivity index (χ0) is 18.2. The smallest absolute Gasteiger partial charge is 0.252 e. The number of rotatable bonds is 4. The van der Waals surface area contributed by atoms with Crippen molar-refractivity contribution < 1.29 is 4.79 Å². The van der Waals surface area contributed by atoms with Crippen LogP contribution < -0.4 is 5.73 Å². The molecule has 130 valence electrons. The zero-order valence-electron chi connectivity index (χ0n) is 14.9. The van der Waals surface area contributed by atoms with Gasteiger partial charge in [0.1, 0.15) is 0 Å². The maximum atomic E-state index is 11.2. The van der Waals surface area contributed by atoms with E-state index < -0.39 is 5.91 Å². The van der Waals surface area contributed by atoms with Gasteiger partial charge in [0.25, 0.3) is 5.91 Å². The van der Waals surface area contributed by atoms with Crippen LogP contribution in [-0.2, 0) is 6.54 Å². The molecular weight excluding hydrogens is 312 g/mol. The number of hydrogen-bond acceptors (Lipinski definition) is 3. The van der Waals surface area contributed by atoms with Crippen LogP contribution in [0.5, 0.6) is 0 Å². The summed E-state index contributed by atoms with van der Waals surface area (Å²) in [6, 6.07) is 14.0. The second-order valence-electron chi connectivity index (χ2n) is 6.07. The standard InChI is InChI=1S/C15H19N3O.C5H5N/c1-10(2)13-7-5-4-6-12(13)8-18-9-14(15(16)19)11(3)17-18;1-2-4-6-5-3-1/h4-7,9-10H,8H2,1-3H3,(H2,16,19);1-5H. The van der Waals surface area contributed by atoms with Crippen LogP contribution in [0.4, 0.5) is 0 Å². The first kappa shape index (κ1) is 18.4. The van der Waals surface area contributed by atoms with Gasteiger partial charge in [0.05, 0.1) is 17.8 Å². The molecule has 0 aliphatic rings. The summed E-state index contributed by atoms with van der Waals surface area (Å²) in [6.07, 6.45) is 5.22. The van der Waals surface area contributed by atoms with Crippen LogP contribution in [0, 0.1) is 6.92 Å². The lowest BCUT2D eigenvalue weighted by Gasteiger charge is -2.12. The highest BCUT2D eigenvalue weighted by atomic mass is 16.1. The third-order valence-corrected chi connectivity index (χ3v) is 3.79. The van der Waals surface area contributed by atoms with Crippen LogP contribution in [0.15, 0.2) is 61.1 Å². The molecule has 3 aromatic rings. The Labute approximate surface area is 148 Å². The van der Waals surface area contributed by atoms with Crippen molar-refractivity contribution in [2.75, 3.05) is 0 Å². The maximum Gasteiger partial charge on any atom is 0.252 e. The second kappa shape index (κ2) is 8.78. The molecule has 0 aliphatic carbocycles. The first-order valence-corrected chi connectivity index (χ1v) is 8.25. The number of carbonyl (C=O) groups is 1. The van der Waals surface area contributed by atoms with Crippen molar-refractivity contribution in [3.05, 3.63) is 83.4 Å². The molecule has 0 saturated heterocycles. The number of nitrogens with two attached hydrogens (primary N) is 1. The van der Waals surface area contributed by atoms with E-state index in [1.165, 1.54) is 11.1 Å². The molecule has 0 atom stereocenters. The number of nitrogens with zero attached hydrogens (tertiary/aromatic N) is 3. The Morgan fingerprint density at radius 1 is 1.12 bits per heavy atom. The van der Waals surface area contributed by atoms with Crippen LogP contribution in [0.25, 0.3) is 0 Å². The van der Waals surface area contributed by atoms with Gasteiger partial charge in [-0.1, -0.05) is 44.2 Å². The third kappa shape index (κ3) is 5.28. The maximum absolute atomic E-state index is 11.2. The molecule has 0 fully saturated rings. The predicted octanol–water partition coefficient (Wildman–Crippen LogP) is 3.54. The number of amides is 1. The summed E-state index contributed by atoms with van der Waals surface area (Å²) in [7, 11) is 0. The number of primary amides is 1. The first-order valence-electron chi connectivity index (χ1n) is 8.25. The number of aryl methyl sites for hydroxylation is 1. The van der Waals surface area contributed by atoms with Crippen molar-refractivity contribution >= 4 is 5.91 Å². The molecule has 0 unspecified atom stereocenters. The van der Waals surface area contributed by atoms with E-state index in [9.17, 15) is 4.79 Å². The number of hydrogen-bond donors (Lipinski definition) is 1. The van der Waals surface area contributed by atoms with Crippen LogP contribution in [-0.4, -0.2) is 20.7 Å². The van der Waals surface area contributed by atoms with Gasteiger partial charge in [-0.25, -0.2) is 0 Å². The molecule has 1 amide bonds. The van der Waals surface area contributed by atoms with Gasteiger partial charge in [-0.2, -0.15) is 5.10 Å². The van der Waals surface area contributed by atoms with E-state index in [-0.39, 0.29) is 0 Å². The molecule has 0 saturated carbocycles. The first-order chi connectivity index (χ1) is 12.0. The van der Waals surface area contributed by atoms with Crippen molar-refractivity contribution in [1.82, 2.24) is 14.8 Å². The van der Waals surface area contributed by atoms with Crippen molar-refractivity contribution in [2.24, 2.45) is 5.73 Å². The summed E-state index contributed by atoms with van der Waals surface area (Å²) in [5, 5.41) is 4.34. The zero-order valence-corrected chi connectivity index (χ0v) is 14.9. The fraction of sp³-hybridized carbons (Fsp3) is 0.250. The molecule has 5 nitrogen and oxygen atoms in total. The molecular formula is C20H24N4O. The van der Waals surface area contributed by atoms with E-state index in [0.717, 1.165) is 0 Å². The highest BCUT2D eigenvalue weighted by molar-refractivity contribution is 5.93. The van der Waals surface area contributed by atoms with E-state index in [1.54, 1.807) is 30.2 Å². The molecule has 2 heterocycles. The summed E-state index contributed by atoms with van der Waals surface area (Å²) in [4.78, 5) is 15.0. The fourth-order valence-corrected chi connectivity index (χ4v) is 2.57. The number of pyridine rings is 1. The van der Waals surface area contributed by atoms with Gasteiger partial charge < -0.3 is 5.73 Å². The van der Waals surface area contributed by atoms with Gasteiger partial charge >= 0.3 is 0 Å². The number of benzene rings is 1. The van der Waals surface area contributed by atoms with Crippen LogP contribution in [0.2, 0.25) is 0 Å². The van der Waals surface area contributed by atoms with Crippen molar-refractivity contribution in [1.29, 1.82) is 0 Å². The molecule has 5 heteroatoms. The van der Waals surface area contributed by atoms with E-state index in [4.69, 9.17) is 5.73 Å². The minimum atomic E-state index is -0.430. The Balaban J connectivity index is 0.000000316. The second-order valence-corrected chi connectivity index (χ2v) is 6.07. The van der Waals surface area contributed by atoms with E-state index in [1.807, 2.05) is 30.3 Å². The lowest BCUT2D eigenvalue weighted by Crippen LogP contribution is -2.11. The van der Waals surface area contributed by atoms with Gasteiger partial charge in [-0.3, -0.25) is 14.5 Å². The van der Waals surface area contributed by atoms with Crippen molar-refractivity contribution in [3.8, 4) is 0 Å². The molecule has 0 radical (unpaired) electrons. The quantitative estimate of drug-likeness (QED) is 0.792. The summed E-state index contributed by atoms with van der Waals surface area (Å²) in [5.41, 5.74) is 8.99. The molecule has 0 spiro atoms. The predicted molar refractivity (Wildman–Crippen MR) is 99.4 cm³/mol. The third-order valence-electron chi connectivity index (χ3n) is 3.79. The lowest BCUT2D eigenvalue weighted by molar-refractivity contribution is 0.0999. The fourth-order valence-electron chi connectivity index (χ4n) is 2.57. The van der Waals surface area contributed by atoms with E-state index >= 15 is 0 Å². The minimum absolute atomic E-state index is 0.430. The Hall–Kier alpha value is -2.95. The average Bonchev–Trinajstić information content (AvgIpc) is 2.98. The van der Waals surface area contributed by atoms with Crippen LogP contribution in [0.1, 0.15) is 46.9 Å². The Kier molecular flexibility index (Phi) is 6.46. The van der Waals surface area contributed by atoms with Gasteiger partial charge in [0.2, 0.25) is 0 Å². The largest absolute Gasteiger partial charge is 0.365 e. The van der Waals surface area contributed by atoms with Gasteiger partial charge in [-0.15, -0.1) is 0 Å². The SMILES string of the molecule is Cc1nn(Cc2ccccc2C(C)C)cc1C(N)=O.c1ccncc1. The highest BCUT2D eigenvalue weighted by Gasteiger charge is 2.12. The summed E-state index contributed by atoms with van der Waals surface area (Å²) >= 11 is 0. The topological polar surface area (TPSA) is 73.8 Å². The van der Waals surface area contributed by atoms with E-state index in [2.05, 4.69) is 36.1 Å². The molecule has 25 heavy (non-hydrogen) atoms.